The Balaban J connectivity index is 1.57. The van der Waals surface area contributed by atoms with Gasteiger partial charge in [0.2, 0.25) is 11.6 Å². The minimum Gasteiger partial charge on any atom is -0.339 e. The van der Waals surface area contributed by atoms with Crippen LogP contribution in [0.15, 0.2) is 36.4 Å². The second-order valence-electron chi connectivity index (χ2n) is 11.3. The lowest BCUT2D eigenvalue weighted by molar-refractivity contribution is -0.228. The van der Waals surface area contributed by atoms with Crippen LogP contribution in [0.3, 0.4) is 0 Å². The molecule has 1 amide bonds. The van der Waals surface area contributed by atoms with Gasteiger partial charge in [-0.05, 0) is 86.2 Å². The highest BCUT2D eigenvalue weighted by Crippen LogP contribution is 2.51. The van der Waals surface area contributed by atoms with Crippen LogP contribution in [0.25, 0.3) is 0 Å². The maximum Gasteiger partial charge on any atom is 0.426 e. The molecule has 0 radical (unpaired) electrons. The summed E-state index contributed by atoms with van der Waals surface area (Å²) in [7, 11) is -3.19. The van der Waals surface area contributed by atoms with Crippen molar-refractivity contribution in [2.45, 2.75) is 75.6 Å². The lowest BCUT2D eigenvalue weighted by Crippen LogP contribution is -2.51. The predicted octanol–water partition coefficient (Wildman–Crippen LogP) is 5.73. The number of carbonyl (C=O) groups excluding carboxylic acids is 1. The van der Waals surface area contributed by atoms with E-state index in [1.165, 1.54) is 24.3 Å². The fraction of sp³-hybridized carbons (Fsp3) is 0.552. The highest BCUT2D eigenvalue weighted by Gasteiger charge is 2.56. The molecule has 0 spiro atoms. The Morgan fingerprint density at radius 1 is 1.10 bits per heavy atom. The third-order valence-electron chi connectivity index (χ3n) is 8.95. The number of benzene rings is 2. The van der Waals surface area contributed by atoms with Gasteiger partial charge in [0.25, 0.3) is 0 Å². The molecule has 0 saturated carbocycles. The first-order chi connectivity index (χ1) is 19.4. The quantitative estimate of drug-likeness (QED) is 0.440. The smallest absolute Gasteiger partial charge is 0.339 e. The van der Waals surface area contributed by atoms with Crippen molar-refractivity contribution in [3.05, 3.63) is 70.0 Å². The summed E-state index contributed by atoms with van der Waals surface area (Å²) < 4.78 is 117. The Morgan fingerprint density at radius 2 is 1.82 bits per heavy atom. The Bertz CT molecular complexity index is 1490. The summed E-state index contributed by atoms with van der Waals surface area (Å²) in [6.07, 6.45) is -3.46. The molecule has 2 aromatic carbocycles. The fourth-order valence-corrected chi connectivity index (χ4v) is 8.20. The van der Waals surface area contributed by atoms with E-state index in [2.05, 4.69) is 0 Å². The highest BCUT2D eigenvalue weighted by molar-refractivity contribution is 7.91. The monoisotopic (exact) mass is 572 g/mol. The number of sulfone groups is 1. The Kier molecular flexibility index (Phi) is 5.96. The number of rotatable bonds is 4. The second kappa shape index (κ2) is 9.56. The molecule has 3 atom stereocenters. The maximum absolute atomic E-state index is 14.9. The zero-order chi connectivity index (χ0) is 30.9. The number of aryl methyl sites for hydroxylation is 2. The summed E-state index contributed by atoms with van der Waals surface area (Å²) >= 11 is 0. The van der Waals surface area contributed by atoms with Gasteiger partial charge in [-0.25, -0.2) is 17.2 Å². The number of fused-ring (bicyclic) bond motifs is 3. The number of hydrogen-bond donors (Lipinski definition) is 0. The zero-order valence-electron chi connectivity index (χ0n) is 24.5. The van der Waals surface area contributed by atoms with Gasteiger partial charge in [0.15, 0.2) is 0 Å². The molecule has 39 heavy (non-hydrogen) atoms. The van der Waals surface area contributed by atoms with Crippen LogP contribution in [0.5, 0.6) is 0 Å². The van der Waals surface area contributed by atoms with E-state index in [0.29, 0.717) is 43.0 Å². The van der Waals surface area contributed by atoms with Crippen LogP contribution in [0.1, 0.15) is 64.5 Å². The number of likely N-dealkylation sites (tertiary alicyclic amines) is 1. The molecule has 10 heteroatoms. The van der Waals surface area contributed by atoms with Gasteiger partial charge in [0.1, 0.15) is 15.7 Å². The molecule has 0 N–H and O–H groups in total. The van der Waals surface area contributed by atoms with E-state index in [0.717, 1.165) is 12.1 Å². The van der Waals surface area contributed by atoms with E-state index in [9.17, 15) is 35.2 Å². The standard InChI is InChI=1S/C29H32F5NO3S/c1-18-15-19(3-7-24(18)30)17-28-11-12-35(26(36)20-9-13-39(37,38)14-10-20)25(28)8-4-21-16-22(5-6-23(21)28)27(2,31)29(32,33)34/h3,5-7,15-16,20,25H,4,8-14,17H2,1-2H3/i1D3. The largest absolute Gasteiger partial charge is 0.426 e. The third-order valence-corrected chi connectivity index (χ3v) is 10.7. The van der Waals surface area contributed by atoms with Gasteiger partial charge in [-0.1, -0.05) is 30.3 Å². The molecule has 0 bridgehead atoms. The van der Waals surface area contributed by atoms with Crippen LogP contribution in [-0.2, 0) is 38.6 Å². The average Bonchev–Trinajstić information content (AvgIpc) is 3.27. The van der Waals surface area contributed by atoms with Crippen molar-refractivity contribution in [3.63, 3.8) is 0 Å². The summed E-state index contributed by atoms with van der Waals surface area (Å²) in [6, 6.07) is 7.24. The van der Waals surface area contributed by atoms with Crippen LogP contribution < -0.4 is 0 Å². The third kappa shape index (κ3) is 4.87. The van der Waals surface area contributed by atoms with Crippen LogP contribution >= 0.6 is 0 Å². The van der Waals surface area contributed by atoms with Crippen LogP contribution in [-0.4, -0.2) is 49.5 Å². The number of alkyl halides is 4. The van der Waals surface area contributed by atoms with Crippen LogP contribution in [0, 0.1) is 18.6 Å². The van der Waals surface area contributed by atoms with Gasteiger partial charge in [-0.15, -0.1) is 0 Å². The molecular weight excluding hydrogens is 537 g/mol. The molecule has 4 nitrogen and oxygen atoms in total. The SMILES string of the molecule is [2H]C([2H])([2H])c1cc(CC23CCN(C(=O)C4CCS(=O)(=O)CC4)C2CCc2cc(C(C)(F)C(F)(F)F)ccc23)ccc1F. The molecule has 3 unspecified atom stereocenters. The highest BCUT2D eigenvalue weighted by atomic mass is 32.2. The Morgan fingerprint density at radius 3 is 2.49 bits per heavy atom. The molecule has 0 aromatic heterocycles. The van der Waals surface area contributed by atoms with Crippen molar-refractivity contribution < 1.29 is 39.3 Å². The summed E-state index contributed by atoms with van der Waals surface area (Å²) in [5, 5.41) is 0. The van der Waals surface area contributed by atoms with E-state index in [1.807, 2.05) is 0 Å². The van der Waals surface area contributed by atoms with Gasteiger partial charge >= 0.3 is 6.18 Å². The van der Waals surface area contributed by atoms with Crippen molar-refractivity contribution in [1.82, 2.24) is 4.90 Å². The summed E-state index contributed by atoms with van der Waals surface area (Å²) in [5.74, 6) is -1.68. The fourth-order valence-electron chi connectivity index (χ4n) is 6.70. The van der Waals surface area contributed by atoms with Gasteiger partial charge in [0.05, 0.1) is 11.5 Å². The van der Waals surface area contributed by atoms with Gasteiger partial charge in [0, 0.05) is 28.0 Å². The molecule has 5 rings (SSSR count). The van der Waals surface area contributed by atoms with Gasteiger partial charge < -0.3 is 4.90 Å². The minimum absolute atomic E-state index is 0.0760. The lowest BCUT2D eigenvalue weighted by atomic mass is 9.63. The number of halogens is 5. The number of nitrogens with zero attached hydrogens (tertiary/aromatic N) is 1. The Labute approximate surface area is 229 Å². The minimum atomic E-state index is -5.13. The normalized spacial score (nSPS) is 28.0. The molecule has 2 fully saturated rings. The van der Waals surface area contributed by atoms with Crippen molar-refractivity contribution >= 4 is 15.7 Å². The Hall–Kier alpha value is -2.49. The van der Waals surface area contributed by atoms with Gasteiger partial charge in [-0.2, -0.15) is 13.2 Å². The molecule has 212 valence electrons. The molecule has 2 heterocycles. The number of hydrogen-bond acceptors (Lipinski definition) is 3. The van der Waals surface area contributed by atoms with Crippen LogP contribution in [0.4, 0.5) is 22.0 Å². The number of amides is 1. The predicted molar refractivity (Wildman–Crippen MR) is 137 cm³/mol. The average molecular weight is 573 g/mol. The van der Waals surface area contributed by atoms with Crippen LogP contribution in [0.2, 0.25) is 0 Å². The van der Waals surface area contributed by atoms with E-state index in [-0.39, 0.29) is 43.1 Å². The second-order valence-corrected chi connectivity index (χ2v) is 13.6. The van der Waals surface area contributed by atoms with Crippen molar-refractivity contribution in [1.29, 1.82) is 0 Å². The van der Waals surface area contributed by atoms with E-state index in [1.54, 1.807) is 4.90 Å². The first-order valence-electron chi connectivity index (χ1n) is 14.6. The molecule has 2 aliphatic heterocycles. The first-order valence-corrected chi connectivity index (χ1v) is 14.9. The van der Waals surface area contributed by atoms with E-state index < -0.39 is 62.9 Å². The molecular formula is C29H32F5NO3S. The van der Waals surface area contributed by atoms with E-state index >= 15 is 0 Å². The van der Waals surface area contributed by atoms with Crippen molar-refractivity contribution in [2.75, 3.05) is 18.1 Å². The first kappa shape index (κ1) is 24.3. The van der Waals surface area contributed by atoms with Crippen molar-refractivity contribution in [3.8, 4) is 0 Å². The summed E-state index contributed by atoms with van der Waals surface area (Å²) in [5.41, 5.74) is -3.73. The van der Waals surface area contributed by atoms with Gasteiger partial charge in [-0.3, -0.25) is 4.79 Å². The zero-order valence-corrected chi connectivity index (χ0v) is 22.3. The molecule has 2 aromatic rings. The topological polar surface area (TPSA) is 54.5 Å². The summed E-state index contributed by atoms with van der Waals surface area (Å²) in [4.78, 5) is 15.5. The van der Waals surface area contributed by atoms with Crippen molar-refractivity contribution in [2.24, 2.45) is 5.92 Å². The lowest BCUT2D eigenvalue weighted by Gasteiger charge is -2.44. The summed E-state index contributed by atoms with van der Waals surface area (Å²) in [6.45, 7) is -1.92. The molecule has 1 aliphatic carbocycles. The molecule has 3 aliphatic rings. The van der Waals surface area contributed by atoms with E-state index in [4.69, 9.17) is 4.11 Å². The molecule has 2 saturated heterocycles. The maximum atomic E-state index is 14.9. The number of carbonyl (C=O) groups is 1.